The quantitative estimate of drug-likeness (QED) is 0.511. The van der Waals surface area contributed by atoms with E-state index in [2.05, 4.69) is 25.5 Å². The molecule has 0 saturated carbocycles. The molecule has 0 fully saturated rings. The number of aliphatic hydroxyl groups excluding tert-OH is 1. The molecule has 0 aliphatic heterocycles. The molecule has 136 valence electrons. The summed E-state index contributed by atoms with van der Waals surface area (Å²) < 4.78 is 27.5. The molecule has 0 aliphatic carbocycles. The molecule has 2 heterocycles. The zero-order chi connectivity index (χ0) is 19.0. The fourth-order valence-corrected chi connectivity index (χ4v) is 2.77. The molecule has 4 rings (SSSR count). The van der Waals surface area contributed by atoms with Crippen LogP contribution in [-0.4, -0.2) is 25.3 Å². The first-order chi connectivity index (χ1) is 13.0. The smallest absolute Gasteiger partial charge is 0.164 e. The highest BCUT2D eigenvalue weighted by Gasteiger charge is 2.19. The fourth-order valence-electron chi connectivity index (χ4n) is 2.77. The van der Waals surface area contributed by atoms with Gasteiger partial charge in [0, 0.05) is 11.8 Å². The molecular formula is C19H15F2N5O. The number of aliphatic hydroxyl groups is 1. The van der Waals surface area contributed by atoms with Crippen LogP contribution in [0.4, 0.5) is 20.4 Å². The maximum Gasteiger partial charge on any atom is 0.164 e. The van der Waals surface area contributed by atoms with Crippen molar-refractivity contribution in [2.24, 2.45) is 0 Å². The summed E-state index contributed by atoms with van der Waals surface area (Å²) in [5.74, 6) is -0.206. The van der Waals surface area contributed by atoms with Crippen LogP contribution in [0.15, 0.2) is 48.5 Å². The molecule has 1 atom stereocenters. The predicted molar refractivity (Wildman–Crippen MR) is 96.6 cm³/mol. The largest absolute Gasteiger partial charge is 0.380 e. The third-order valence-electron chi connectivity index (χ3n) is 4.07. The minimum Gasteiger partial charge on any atom is -0.380 e. The van der Waals surface area contributed by atoms with E-state index in [1.165, 1.54) is 36.4 Å². The van der Waals surface area contributed by atoms with Crippen LogP contribution in [0, 0.1) is 18.6 Å². The van der Waals surface area contributed by atoms with Crippen molar-refractivity contribution in [3.05, 3.63) is 77.2 Å². The van der Waals surface area contributed by atoms with Crippen LogP contribution in [0.25, 0.3) is 10.9 Å². The van der Waals surface area contributed by atoms with Crippen molar-refractivity contribution in [1.29, 1.82) is 0 Å². The van der Waals surface area contributed by atoms with Crippen molar-refractivity contribution in [3.8, 4) is 0 Å². The second-order valence-electron chi connectivity index (χ2n) is 6.08. The Bertz CT molecular complexity index is 1110. The number of anilines is 2. The Balaban J connectivity index is 1.83. The number of aromatic amines is 1. The van der Waals surface area contributed by atoms with Crippen LogP contribution < -0.4 is 5.32 Å². The van der Waals surface area contributed by atoms with Crippen LogP contribution in [0.1, 0.15) is 23.2 Å². The van der Waals surface area contributed by atoms with Crippen LogP contribution >= 0.6 is 0 Å². The van der Waals surface area contributed by atoms with Gasteiger partial charge < -0.3 is 10.4 Å². The normalized spacial score (nSPS) is 12.3. The number of hydrogen-bond donors (Lipinski definition) is 3. The average Bonchev–Trinajstić information content (AvgIpc) is 3.06. The van der Waals surface area contributed by atoms with Crippen LogP contribution in [0.5, 0.6) is 0 Å². The summed E-state index contributed by atoms with van der Waals surface area (Å²) in [6.45, 7) is 1.83. The summed E-state index contributed by atoms with van der Waals surface area (Å²) in [5.41, 5.74) is 1.58. The molecule has 6 nitrogen and oxygen atoms in total. The number of rotatable bonds is 4. The summed E-state index contributed by atoms with van der Waals surface area (Å²) in [4.78, 5) is 8.58. The summed E-state index contributed by atoms with van der Waals surface area (Å²) in [6, 6.07) is 11.6. The minimum absolute atomic E-state index is 0.0643. The van der Waals surface area contributed by atoms with E-state index in [9.17, 15) is 13.9 Å². The predicted octanol–water partition coefficient (Wildman–Crippen LogP) is 3.76. The Kier molecular flexibility index (Phi) is 4.25. The van der Waals surface area contributed by atoms with Crippen molar-refractivity contribution in [1.82, 2.24) is 20.2 Å². The highest BCUT2D eigenvalue weighted by molar-refractivity contribution is 5.91. The van der Waals surface area contributed by atoms with Crippen molar-refractivity contribution in [2.45, 2.75) is 13.0 Å². The number of aromatic nitrogens is 4. The first-order valence-electron chi connectivity index (χ1n) is 8.20. The monoisotopic (exact) mass is 367 g/mol. The molecule has 4 aromatic rings. The van der Waals surface area contributed by atoms with Crippen molar-refractivity contribution < 1.29 is 13.9 Å². The zero-order valence-corrected chi connectivity index (χ0v) is 14.2. The first kappa shape index (κ1) is 17.0. The van der Waals surface area contributed by atoms with E-state index in [1.54, 1.807) is 12.1 Å². The summed E-state index contributed by atoms with van der Waals surface area (Å²) >= 11 is 0. The Morgan fingerprint density at radius 2 is 1.85 bits per heavy atom. The van der Waals surface area contributed by atoms with Gasteiger partial charge in [-0.1, -0.05) is 18.2 Å². The number of H-pyrrole nitrogens is 1. The number of aryl methyl sites for hydroxylation is 1. The highest BCUT2D eigenvalue weighted by atomic mass is 19.1. The molecule has 27 heavy (non-hydrogen) atoms. The molecule has 2 aromatic heterocycles. The minimum atomic E-state index is -1.19. The molecule has 0 spiro atoms. The highest BCUT2D eigenvalue weighted by Crippen LogP contribution is 2.29. The van der Waals surface area contributed by atoms with E-state index in [1.807, 2.05) is 6.92 Å². The number of halogens is 2. The summed E-state index contributed by atoms with van der Waals surface area (Å²) in [5, 5.41) is 20.6. The molecule has 8 heteroatoms. The lowest BCUT2D eigenvalue weighted by atomic mass is 10.1. The lowest BCUT2D eigenvalue weighted by Crippen LogP contribution is -2.09. The van der Waals surface area contributed by atoms with Gasteiger partial charge in [-0.2, -0.15) is 5.10 Å². The molecule has 0 aliphatic rings. The van der Waals surface area contributed by atoms with Gasteiger partial charge in [-0.25, -0.2) is 18.7 Å². The maximum absolute atomic E-state index is 14.4. The van der Waals surface area contributed by atoms with E-state index in [4.69, 9.17) is 0 Å². The number of fused-ring (bicyclic) bond motifs is 1. The van der Waals surface area contributed by atoms with Gasteiger partial charge >= 0.3 is 0 Å². The molecule has 2 aromatic carbocycles. The van der Waals surface area contributed by atoms with Gasteiger partial charge in [0.05, 0.1) is 10.9 Å². The van der Waals surface area contributed by atoms with E-state index >= 15 is 0 Å². The number of nitrogens with one attached hydrogen (secondary N) is 2. The van der Waals surface area contributed by atoms with Crippen LogP contribution in [0.3, 0.4) is 0 Å². The van der Waals surface area contributed by atoms with Crippen molar-refractivity contribution in [2.75, 3.05) is 5.32 Å². The Hall–Kier alpha value is -3.39. The van der Waals surface area contributed by atoms with Gasteiger partial charge in [0.1, 0.15) is 23.6 Å². The Morgan fingerprint density at radius 3 is 2.56 bits per heavy atom. The Labute approximate surface area is 152 Å². The third kappa shape index (κ3) is 3.34. The second kappa shape index (κ2) is 6.73. The molecule has 0 unspecified atom stereocenters. The standard InChI is InChI=1S/C19H15F2N5O/c1-10-9-15(26-25-10)23-18-16-13(21)3-2-4-14(16)22-19(24-18)17(27)11-5-7-12(20)8-6-11/h2-9,17,27H,1H3,(H2,22,23,24,25,26)/t17-/m0/s1. The molecule has 0 amide bonds. The molecule has 0 radical (unpaired) electrons. The Morgan fingerprint density at radius 1 is 1.07 bits per heavy atom. The SMILES string of the molecule is Cc1cc(Nc2nc([C@@H](O)c3ccc(F)cc3)nc3cccc(F)c23)n[nH]1. The zero-order valence-electron chi connectivity index (χ0n) is 14.2. The van der Waals surface area contributed by atoms with Gasteiger partial charge in [-0.15, -0.1) is 0 Å². The van der Waals surface area contributed by atoms with E-state index in [0.717, 1.165) is 5.69 Å². The van der Waals surface area contributed by atoms with E-state index < -0.39 is 17.7 Å². The van der Waals surface area contributed by atoms with Crippen molar-refractivity contribution in [3.63, 3.8) is 0 Å². The maximum atomic E-state index is 14.4. The topological polar surface area (TPSA) is 86.7 Å². The summed E-state index contributed by atoms with van der Waals surface area (Å²) in [7, 11) is 0. The van der Waals surface area contributed by atoms with E-state index in [-0.39, 0.29) is 17.0 Å². The average molecular weight is 367 g/mol. The van der Waals surface area contributed by atoms with Gasteiger partial charge in [0.2, 0.25) is 0 Å². The summed E-state index contributed by atoms with van der Waals surface area (Å²) in [6.07, 6.45) is -1.19. The first-order valence-corrected chi connectivity index (χ1v) is 8.20. The third-order valence-corrected chi connectivity index (χ3v) is 4.07. The number of benzene rings is 2. The van der Waals surface area contributed by atoms with E-state index in [0.29, 0.717) is 16.9 Å². The number of hydrogen-bond acceptors (Lipinski definition) is 5. The van der Waals surface area contributed by atoms with Crippen LogP contribution in [-0.2, 0) is 0 Å². The lowest BCUT2D eigenvalue weighted by molar-refractivity contribution is 0.210. The lowest BCUT2D eigenvalue weighted by Gasteiger charge is -2.14. The molecular weight excluding hydrogens is 352 g/mol. The van der Waals surface area contributed by atoms with Gasteiger partial charge in [0.25, 0.3) is 0 Å². The fraction of sp³-hybridized carbons (Fsp3) is 0.105. The van der Waals surface area contributed by atoms with Gasteiger partial charge in [-0.3, -0.25) is 5.10 Å². The molecule has 0 bridgehead atoms. The van der Waals surface area contributed by atoms with Gasteiger partial charge in [0.15, 0.2) is 11.6 Å². The van der Waals surface area contributed by atoms with Crippen molar-refractivity contribution >= 4 is 22.5 Å². The second-order valence-corrected chi connectivity index (χ2v) is 6.08. The molecule has 3 N–H and O–H groups in total. The van der Waals surface area contributed by atoms with Crippen LogP contribution in [0.2, 0.25) is 0 Å². The molecule has 0 saturated heterocycles. The number of nitrogens with zero attached hydrogens (tertiary/aromatic N) is 3. The van der Waals surface area contributed by atoms with Gasteiger partial charge in [-0.05, 0) is 36.8 Å².